The average molecular weight is 208 g/mol. The summed E-state index contributed by atoms with van der Waals surface area (Å²) in [6, 6.07) is 0. The largest absolute Gasteiger partial charge is 0.390 e. The molecule has 1 heterocycles. The molecule has 2 heteroatoms. The fourth-order valence-electron chi connectivity index (χ4n) is 2.66. The zero-order valence-electron chi connectivity index (χ0n) is 9.95. The van der Waals surface area contributed by atoms with Gasteiger partial charge in [-0.25, -0.2) is 0 Å². The first kappa shape index (κ1) is 10.9. The normalized spacial score (nSPS) is 39.8. The summed E-state index contributed by atoms with van der Waals surface area (Å²) in [7, 11) is 0. The van der Waals surface area contributed by atoms with Crippen molar-refractivity contribution in [2.45, 2.75) is 51.9 Å². The van der Waals surface area contributed by atoms with Crippen molar-refractivity contribution in [2.24, 2.45) is 5.41 Å². The number of allylic oxidation sites excluding steroid dienone is 1. The van der Waals surface area contributed by atoms with Crippen molar-refractivity contribution in [1.29, 1.82) is 0 Å². The van der Waals surface area contributed by atoms with Gasteiger partial charge in [-0.15, -0.1) is 0 Å². The molecule has 3 atom stereocenters. The highest BCUT2D eigenvalue weighted by Crippen LogP contribution is 2.48. The smallest absolute Gasteiger partial charge is 0.106 e. The molecule has 0 aromatic rings. The predicted octanol–water partition coefficient (Wildman–Crippen LogP) is 2.44. The quantitative estimate of drug-likeness (QED) is 0.671. The molecule has 0 fully saturated rings. The zero-order valence-corrected chi connectivity index (χ0v) is 9.95. The molecule has 84 valence electrons. The first-order valence-corrected chi connectivity index (χ1v) is 5.61. The standard InChI is InChI=1S/C13H20O2/c1-9(14)10-8-11-12(2,3)6-5-7-13(11,4)15-10/h5,7-10,14H,6H2,1-4H3. The van der Waals surface area contributed by atoms with Gasteiger partial charge in [-0.2, -0.15) is 0 Å². The van der Waals surface area contributed by atoms with E-state index in [9.17, 15) is 5.11 Å². The van der Waals surface area contributed by atoms with Gasteiger partial charge in [-0.05, 0) is 31.3 Å². The van der Waals surface area contributed by atoms with E-state index >= 15 is 0 Å². The van der Waals surface area contributed by atoms with E-state index in [1.165, 1.54) is 5.57 Å². The number of aliphatic hydroxyl groups is 1. The fourth-order valence-corrected chi connectivity index (χ4v) is 2.66. The van der Waals surface area contributed by atoms with Crippen molar-refractivity contribution >= 4 is 0 Å². The van der Waals surface area contributed by atoms with Crippen molar-refractivity contribution in [2.75, 3.05) is 0 Å². The van der Waals surface area contributed by atoms with Gasteiger partial charge in [0.05, 0.1) is 6.10 Å². The Morgan fingerprint density at radius 1 is 1.47 bits per heavy atom. The van der Waals surface area contributed by atoms with E-state index < -0.39 is 6.10 Å². The van der Waals surface area contributed by atoms with E-state index in [4.69, 9.17) is 4.74 Å². The lowest BCUT2D eigenvalue weighted by Gasteiger charge is -2.38. The van der Waals surface area contributed by atoms with Crippen LogP contribution in [-0.4, -0.2) is 22.9 Å². The topological polar surface area (TPSA) is 29.5 Å². The van der Waals surface area contributed by atoms with E-state index in [1.54, 1.807) is 6.92 Å². The summed E-state index contributed by atoms with van der Waals surface area (Å²) in [5, 5.41) is 9.59. The lowest BCUT2D eigenvalue weighted by molar-refractivity contribution is -0.0476. The molecule has 2 aliphatic rings. The average Bonchev–Trinajstić information content (AvgIpc) is 2.43. The molecule has 1 N–H and O–H groups in total. The highest BCUT2D eigenvalue weighted by atomic mass is 16.5. The van der Waals surface area contributed by atoms with Crippen molar-refractivity contribution in [3.8, 4) is 0 Å². The van der Waals surface area contributed by atoms with Crippen LogP contribution in [0.3, 0.4) is 0 Å². The van der Waals surface area contributed by atoms with E-state index in [0.717, 1.165) is 6.42 Å². The molecule has 0 aromatic heterocycles. The highest BCUT2D eigenvalue weighted by Gasteiger charge is 2.45. The van der Waals surface area contributed by atoms with Gasteiger partial charge in [0.15, 0.2) is 0 Å². The number of rotatable bonds is 1. The first-order chi connectivity index (χ1) is 6.85. The van der Waals surface area contributed by atoms with Gasteiger partial charge < -0.3 is 9.84 Å². The van der Waals surface area contributed by atoms with Gasteiger partial charge in [0.2, 0.25) is 0 Å². The Kier molecular flexibility index (Phi) is 2.32. The SMILES string of the molecule is CC(O)C1C=C2C(C)(C)CC=CC2(C)O1. The van der Waals surface area contributed by atoms with Crippen LogP contribution in [0.25, 0.3) is 0 Å². The number of aliphatic hydroxyl groups excluding tert-OH is 1. The summed E-state index contributed by atoms with van der Waals surface area (Å²) < 4.78 is 5.92. The maximum Gasteiger partial charge on any atom is 0.106 e. The number of fused-ring (bicyclic) bond motifs is 1. The Labute approximate surface area is 91.6 Å². The van der Waals surface area contributed by atoms with Crippen LogP contribution in [-0.2, 0) is 4.74 Å². The zero-order chi connectivity index (χ0) is 11.3. The van der Waals surface area contributed by atoms with Gasteiger partial charge in [-0.1, -0.05) is 32.1 Å². The molecule has 0 bridgehead atoms. The predicted molar refractivity (Wildman–Crippen MR) is 60.6 cm³/mol. The number of hydrogen-bond donors (Lipinski definition) is 1. The van der Waals surface area contributed by atoms with Gasteiger partial charge in [0.25, 0.3) is 0 Å². The molecule has 1 aliphatic carbocycles. The molecule has 0 aromatic carbocycles. The van der Waals surface area contributed by atoms with Crippen LogP contribution in [0, 0.1) is 5.41 Å². The van der Waals surface area contributed by atoms with Crippen molar-refractivity contribution in [1.82, 2.24) is 0 Å². The summed E-state index contributed by atoms with van der Waals surface area (Å²) in [5.41, 5.74) is 1.15. The molecule has 0 spiro atoms. The molecule has 0 amide bonds. The summed E-state index contributed by atoms with van der Waals surface area (Å²) in [6.45, 7) is 8.32. The minimum absolute atomic E-state index is 0.146. The third-order valence-electron chi connectivity index (χ3n) is 3.52. The molecule has 3 unspecified atom stereocenters. The van der Waals surface area contributed by atoms with Crippen molar-refractivity contribution in [3.63, 3.8) is 0 Å². The maximum absolute atomic E-state index is 9.59. The molecule has 2 nitrogen and oxygen atoms in total. The van der Waals surface area contributed by atoms with Gasteiger partial charge in [0, 0.05) is 0 Å². The van der Waals surface area contributed by atoms with Crippen molar-refractivity contribution < 1.29 is 9.84 Å². The first-order valence-electron chi connectivity index (χ1n) is 5.61. The second-order valence-corrected chi connectivity index (χ2v) is 5.50. The Morgan fingerprint density at radius 3 is 2.67 bits per heavy atom. The maximum atomic E-state index is 9.59. The Morgan fingerprint density at radius 2 is 2.13 bits per heavy atom. The molecular formula is C13H20O2. The molecule has 1 aliphatic heterocycles. The van der Waals surface area contributed by atoms with E-state index in [1.807, 2.05) is 0 Å². The number of ether oxygens (including phenoxy) is 1. The molecule has 0 saturated heterocycles. The van der Waals surface area contributed by atoms with Crippen LogP contribution in [0.5, 0.6) is 0 Å². The van der Waals surface area contributed by atoms with Crippen LogP contribution >= 0.6 is 0 Å². The minimum atomic E-state index is -0.441. The Bertz CT molecular complexity index is 325. The molecule has 2 rings (SSSR count). The van der Waals surface area contributed by atoms with E-state index in [2.05, 4.69) is 39.0 Å². The second-order valence-electron chi connectivity index (χ2n) is 5.50. The fraction of sp³-hybridized carbons (Fsp3) is 0.692. The second kappa shape index (κ2) is 3.19. The van der Waals surface area contributed by atoms with Crippen LogP contribution in [0.4, 0.5) is 0 Å². The Hall–Kier alpha value is -0.600. The van der Waals surface area contributed by atoms with Gasteiger partial charge in [-0.3, -0.25) is 0 Å². The summed E-state index contributed by atoms with van der Waals surface area (Å²) in [6.07, 6.45) is 6.85. The van der Waals surface area contributed by atoms with E-state index in [-0.39, 0.29) is 17.1 Å². The summed E-state index contributed by atoms with van der Waals surface area (Å²) in [5.74, 6) is 0. The van der Waals surface area contributed by atoms with Gasteiger partial charge in [0.1, 0.15) is 11.7 Å². The highest BCUT2D eigenvalue weighted by molar-refractivity contribution is 5.38. The van der Waals surface area contributed by atoms with Crippen LogP contribution in [0.2, 0.25) is 0 Å². The third-order valence-corrected chi connectivity index (χ3v) is 3.52. The number of hydrogen-bond acceptors (Lipinski definition) is 2. The van der Waals surface area contributed by atoms with Crippen LogP contribution < -0.4 is 0 Å². The summed E-state index contributed by atoms with van der Waals surface area (Å²) >= 11 is 0. The monoisotopic (exact) mass is 208 g/mol. The van der Waals surface area contributed by atoms with Crippen molar-refractivity contribution in [3.05, 3.63) is 23.8 Å². The molecular weight excluding hydrogens is 188 g/mol. The molecule has 15 heavy (non-hydrogen) atoms. The van der Waals surface area contributed by atoms with E-state index in [0.29, 0.717) is 0 Å². The van der Waals surface area contributed by atoms with Gasteiger partial charge >= 0.3 is 0 Å². The van der Waals surface area contributed by atoms with Crippen LogP contribution in [0.1, 0.15) is 34.1 Å². The molecule has 0 saturated carbocycles. The third kappa shape index (κ3) is 1.66. The Balaban J connectivity index is 2.39. The van der Waals surface area contributed by atoms with Crippen LogP contribution in [0.15, 0.2) is 23.8 Å². The summed E-state index contributed by atoms with van der Waals surface area (Å²) in [4.78, 5) is 0. The lowest BCUT2D eigenvalue weighted by Crippen LogP contribution is -2.37. The minimum Gasteiger partial charge on any atom is -0.390 e. The molecule has 0 radical (unpaired) electrons. The lowest BCUT2D eigenvalue weighted by atomic mass is 9.70.